The molecule has 0 fully saturated rings. The Morgan fingerprint density at radius 2 is 1.97 bits per heavy atom. The van der Waals surface area contributed by atoms with Gasteiger partial charge in [-0.2, -0.15) is 0 Å². The minimum absolute atomic E-state index is 0.0579. The highest BCUT2D eigenvalue weighted by atomic mass is 16.5. The van der Waals surface area contributed by atoms with E-state index >= 15 is 0 Å². The fraction of sp³-hybridized carbons (Fsp3) is 0.346. The molecular weight excluding hydrogens is 374 g/mol. The summed E-state index contributed by atoms with van der Waals surface area (Å²) in [5.74, 6) is 1.75. The van der Waals surface area contributed by atoms with Crippen LogP contribution in [0.1, 0.15) is 62.1 Å². The van der Waals surface area contributed by atoms with E-state index in [1.807, 2.05) is 57.2 Å². The highest BCUT2D eigenvalue weighted by molar-refractivity contribution is 5.97. The summed E-state index contributed by atoms with van der Waals surface area (Å²) in [6, 6.07) is 14.0. The first-order valence-electron chi connectivity index (χ1n) is 10.8. The second-order valence-electron chi connectivity index (χ2n) is 7.96. The van der Waals surface area contributed by atoms with Crippen LogP contribution in [0, 0.1) is 0 Å². The molecule has 1 amide bonds. The molecule has 0 aliphatic heterocycles. The van der Waals surface area contributed by atoms with Gasteiger partial charge in [-0.15, -0.1) is 0 Å². The Bertz CT molecular complexity index is 1080. The molecule has 1 aliphatic rings. The average Bonchev–Trinajstić information content (AvgIpc) is 3.11. The average molecular weight is 404 g/mol. The Balaban J connectivity index is 1.64. The molecule has 156 valence electrons. The molecule has 0 saturated heterocycles. The SMILES string of the molecule is CCOc1cc2oc3c(c2cc1/C(C)=C/C(=O)NC(C)c1ccccc1)CCCC3. The van der Waals surface area contributed by atoms with Crippen LogP contribution in [0.3, 0.4) is 0 Å². The minimum atomic E-state index is -0.111. The van der Waals surface area contributed by atoms with Crippen molar-refractivity contribution in [2.24, 2.45) is 0 Å². The molecule has 2 aromatic carbocycles. The van der Waals surface area contributed by atoms with E-state index in [2.05, 4.69) is 11.4 Å². The van der Waals surface area contributed by atoms with Gasteiger partial charge in [0.15, 0.2) is 0 Å². The fourth-order valence-corrected chi connectivity index (χ4v) is 4.23. The molecule has 1 atom stereocenters. The molecule has 0 saturated carbocycles. The zero-order valence-electron chi connectivity index (χ0n) is 18.0. The van der Waals surface area contributed by atoms with Crippen LogP contribution in [-0.4, -0.2) is 12.5 Å². The van der Waals surface area contributed by atoms with Crippen molar-refractivity contribution >= 4 is 22.4 Å². The number of furan rings is 1. The third-order valence-corrected chi connectivity index (χ3v) is 5.79. The number of hydrogen-bond donors (Lipinski definition) is 1. The molecule has 0 bridgehead atoms. The number of benzene rings is 2. The molecule has 30 heavy (non-hydrogen) atoms. The van der Waals surface area contributed by atoms with E-state index in [1.54, 1.807) is 6.08 Å². The lowest BCUT2D eigenvalue weighted by atomic mass is 9.94. The molecule has 4 rings (SSSR count). The zero-order chi connectivity index (χ0) is 21.1. The van der Waals surface area contributed by atoms with Gasteiger partial charge in [-0.05, 0) is 57.2 Å². The van der Waals surface area contributed by atoms with Gasteiger partial charge >= 0.3 is 0 Å². The highest BCUT2D eigenvalue weighted by Crippen LogP contribution is 2.38. The van der Waals surface area contributed by atoms with E-state index in [9.17, 15) is 4.79 Å². The van der Waals surface area contributed by atoms with Crippen LogP contribution >= 0.6 is 0 Å². The van der Waals surface area contributed by atoms with Gasteiger partial charge in [0.1, 0.15) is 17.1 Å². The molecule has 1 N–H and O–H groups in total. The lowest BCUT2D eigenvalue weighted by Gasteiger charge is -2.14. The van der Waals surface area contributed by atoms with E-state index in [0.29, 0.717) is 6.61 Å². The summed E-state index contributed by atoms with van der Waals surface area (Å²) >= 11 is 0. The van der Waals surface area contributed by atoms with Crippen molar-refractivity contribution in [3.8, 4) is 5.75 Å². The maximum atomic E-state index is 12.7. The van der Waals surface area contributed by atoms with Gasteiger partial charge in [0.25, 0.3) is 0 Å². The van der Waals surface area contributed by atoms with Crippen molar-refractivity contribution in [1.29, 1.82) is 0 Å². The lowest BCUT2D eigenvalue weighted by Crippen LogP contribution is -2.24. The maximum Gasteiger partial charge on any atom is 0.244 e. The fourth-order valence-electron chi connectivity index (χ4n) is 4.23. The molecule has 4 heteroatoms. The number of rotatable bonds is 6. The number of carbonyl (C=O) groups excluding carboxylic acids is 1. The second kappa shape index (κ2) is 8.78. The number of carbonyl (C=O) groups is 1. The molecule has 0 radical (unpaired) electrons. The van der Waals surface area contributed by atoms with Crippen LogP contribution in [0.4, 0.5) is 0 Å². The predicted molar refractivity (Wildman–Crippen MR) is 121 cm³/mol. The molecular formula is C26H29NO3. The Morgan fingerprint density at radius 3 is 2.73 bits per heavy atom. The normalized spacial score (nSPS) is 15.0. The number of allylic oxidation sites excluding steroid dienone is 1. The van der Waals surface area contributed by atoms with Crippen molar-refractivity contribution in [3.63, 3.8) is 0 Å². The van der Waals surface area contributed by atoms with E-state index in [1.165, 1.54) is 18.4 Å². The zero-order valence-corrected chi connectivity index (χ0v) is 18.0. The predicted octanol–water partition coefficient (Wildman–Crippen LogP) is 5.99. The number of hydrogen-bond acceptors (Lipinski definition) is 3. The summed E-state index contributed by atoms with van der Waals surface area (Å²) in [6.07, 6.45) is 6.08. The van der Waals surface area contributed by atoms with E-state index in [-0.39, 0.29) is 11.9 Å². The standard InChI is InChI=1S/C26H29NO3/c1-4-29-24-16-25-22(20-12-8-9-13-23(20)30-25)15-21(24)17(2)14-26(28)27-18(3)19-10-6-5-7-11-19/h5-7,10-11,14-16,18H,4,8-9,12-13H2,1-3H3,(H,27,28)/b17-14+. The first kappa shape index (κ1) is 20.3. The second-order valence-corrected chi connectivity index (χ2v) is 7.96. The van der Waals surface area contributed by atoms with Crippen LogP contribution in [0.15, 0.2) is 53.0 Å². The molecule has 4 nitrogen and oxygen atoms in total. The van der Waals surface area contributed by atoms with Gasteiger partial charge in [0.2, 0.25) is 5.91 Å². The summed E-state index contributed by atoms with van der Waals surface area (Å²) < 4.78 is 12.0. The first-order chi connectivity index (χ1) is 14.6. The Labute approximate surface area is 177 Å². The number of ether oxygens (including phenoxy) is 1. The Hall–Kier alpha value is -3.01. The van der Waals surface area contributed by atoms with Crippen molar-refractivity contribution in [3.05, 3.63) is 71.0 Å². The molecule has 0 spiro atoms. The Kier molecular flexibility index (Phi) is 5.93. The van der Waals surface area contributed by atoms with E-state index in [0.717, 1.165) is 52.0 Å². The molecule has 1 heterocycles. The smallest absolute Gasteiger partial charge is 0.244 e. The van der Waals surface area contributed by atoms with Crippen LogP contribution in [0.2, 0.25) is 0 Å². The summed E-state index contributed by atoms with van der Waals surface area (Å²) in [6.45, 7) is 6.48. The van der Waals surface area contributed by atoms with Crippen LogP contribution < -0.4 is 10.1 Å². The molecule has 1 aliphatic carbocycles. The van der Waals surface area contributed by atoms with Gasteiger partial charge < -0.3 is 14.5 Å². The van der Waals surface area contributed by atoms with Crippen molar-refractivity contribution in [2.75, 3.05) is 6.61 Å². The summed E-state index contributed by atoms with van der Waals surface area (Å²) in [5, 5.41) is 4.20. The Morgan fingerprint density at radius 1 is 1.20 bits per heavy atom. The summed E-state index contributed by atoms with van der Waals surface area (Å²) in [4.78, 5) is 12.7. The monoisotopic (exact) mass is 403 g/mol. The van der Waals surface area contributed by atoms with Gasteiger partial charge in [-0.25, -0.2) is 0 Å². The van der Waals surface area contributed by atoms with Crippen molar-refractivity contribution in [1.82, 2.24) is 5.32 Å². The van der Waals surface area contributed by atoms with Crippen LogP contribution in [0.25, 0.3) is 16.5 Å². The van der Waals surface area contributed by atoms with E-state index in [4.69, 9.17) is 9.15 Å². The topological polar surface area (TPSA) is 51.5 Å². The number of fused-ring (bicyclic) bond motifs is 3. The quantitative estimate of drug-likeness (QED) is 0.514. The maximum absolute atomic E-state index is 12.7. The van der Waals surface area contributed by atoms with Crippen molar-refractivity contribution < 1.29 is 13.9 Å². The highest BCUT2D eigenvalue weighted by Gasteiger charge is 2.20. The van der Waals surface area contributed by atoms with E-state index < -0.39 is 0 Å². The van der Waals surface area contributed by atoms with Crippen LogP contribution in [-0.2, 0) is 17.6 Å². The number of nitrogens with one attached hydrogen (secondary N) is 1. The van der Waals surface area contributed by atoms with Gasteiger partial charge in [0.05, 0.1) is 12.6 Å². The van der Waals surface area contributed by atoms with Gasteiger partial charge in [-0.3, -0.25) is 4.79 Å². The largest absolute Gasteiger partial charge is 0.493 e. The van der Waals surface area contributed by atoms with Crippen LogP contribution in [0.5, 0.6) is 5.75 Å². The van der Waals surface area contributed by atoms with Gasteiger partial charge in [-0.1, -0.05) is 30.3 Å². The lowest BCUT2D eigenvalue weighted by molar-refractivity contribution is -0.117. The number of amides is 1. The molecule has 1 aromatic heterocycles. The molecule has 1 unspecified atom stereocenters. The summed E-state index contributed by atoms with van der Waals surface area (Å²) in [5.41, 5.74) is 5.10. The first-order valence-corrected chi connectivity index (χ1v) is 10.8. The summed E-state index contributed by atoms with van der Waals surface area (Å²) in [7, 11) is 0. The van der Waals surface area contributed by atoms with Gasteiger partial charge in [0, 0.05) is 35.1 Å². The molecule has 3 aromatic rings. The number of aryl methyl sites for hydroxylation is 2. The third kappa shape index (κ3) is 4.13. The minimum Gasteiger partial charge on any atom is -0.493 e. The third-order valence-electron chi connectivity index (χ3n) is 5.79. The van der Waals surface area contributed by atoms with Crippen molar-refractivity contribution in [2.45, 2.75) is 52.5 Å².